The number of nitrogens with one attached hydrogen (secondary N) is 1. The second-order valence-electron chi connectivity index (χ2n) is 6.25. The second-order valence-corrected chi connectivity index (χ2v) is 8.92. The molecule has 2 aromatic carbocycles. The molecule has 0 aliphatic rings. The van der Waals surface area contributed by atoms with Gasteiger partial charge in [-0.1, -0.05) is 30.3 Å². The number of hydrogen-bond acceptors (Lipinski definition) is 4. The summed E-state index contributed by atoms with van der Waals surface area (Å²) in [5, 5.41) is 7.83. The Kier molecular flexibility index (Phi) is 6.58. The first-order valence-electron chi connectivity index (χ1n) is 8.75. The minimum absolute atomic E-state index is 0.0546. The van der Waals surface area contributed by atoms with E-state index in [0.717, 1.165) is 15.3 Å². The predicted molar refractivity (Wildman–Crippen MR) is 113 cm³/mol. The van der Waals surface area contributed by atoms with E-state index < -0.39 is 10.0 Å². The van der Waals surface area contributed by atoms with E-state index in [4.69, 9.17) is 5.14 Å². The van der Waals surface area contributed by atoms with Crippen molar-refractivity contribution in [2.24, 2.45) is 5.14 Å². The Bertz CT molecular complexity index is 1140. The lowest BCUT2D eigenvalue weighted by Gasteiger charge is -2.04. The molecule has 0 unspecified atom stereocenters. The Labute approximate surface area is 172 Å². The van der Waals surface area contributed by atoms with Crippen LogP contribution in [0.2, 0.25) is 0 Å². The van der Waals surface area contributed by atoms with Crippen LogP contribution in [0, 0.1) is 5.82 Å². The number of carbonyl (C=O) groups excluding carboxylic acids is 1. The normalized spacial score (nSPS) is 11.7. The lowest BCUT2D eigenvalue weighted by molar-refractivity contribution is -0.116. The SMILES string of the molecule is NS(=O)(=O)c1ccc(CCNC(=O)C=Cc2ccc(-c3ccccc3F)s2)cc1. The van der Waals surface area contributed by atoms with Gasteiger partial charge < -0.3 is 5.32 Å². The predicted octanol–water partition coefficient (Wildman–Crippen LogP) is 3.57. The first-order valence-corrected chi connectivity index (χ1v) is 11.1. The highest BCUT2D eigenvalue weighted by Crippen LogP contribution is 2.30. The van der Waals surface area contributed by atoms with Crippen molar-refractivity contribution in [1.82, 2.24) is 5.32 Å². The maximum atomic E-state index is 13.8. The van der Waals surface area contributed by atoms with Crippen LogP contribution in [0.15, 0.2) is 71.6 Å². The molecule has 0 saturated heterocycles. The molecule has 0 saturated carbocycles. The molecule has 3 N–H and O–H groups in total. The quantitative estimate of drug-likeness (QED) is 0.562. The van der Waals surface area contributed by atoms with Crippen LogP contribution < -0.4 is 10.5 Å². The topological polar surface area (TPSA) is 89.3 Å². The number of benzene rings is 2. The zero-order valence-corrected chi connectivity index (χ0v) is 17.0. The molecular weight excluding hydrogens is 411 g/mol. The third-order valence-electron chi connectivity index (χ3n) is 4.13. The number of carbonyl (C=O) groups is 1. The van der Waals surface area contributed by atoms with Gasteiger partial charge in [0.05, 0.1) is 4.90 Å². The largest absolute Gasteiger partial charge is 0.352 e. The summed E-state index contributed by atoms with van der Waals surface area (Å²) in [7, 11) is -3.70. The van der Waals surface area contributed by atoms with Gasteiger partial charge in [0.2, 0.25) is 15.9 Å². The average Bonchev–Trinajstić information content (AvgIpc) is 3.15. The lowest BCUT2D eigenvalue weighted by Crippen LogP contribution is -2.23. The van der Waals surface area contributed by atoms with E-state index in [-0.39, 0.29) is 16.6 Å². The molecule has 0 atom stereocenters. The summed E-state index contributed by atoms with van der Waals surface area (Å²) in [5.41, 5.74) is 1.42. The number of sulfonamides is 1. The highest BCUT2D eigenvalue weighted by Gasteiger charge is 2.08. The summed E-state index contributed by atoms with van der Waals surface area (Å²) in [6.07, 6.45) is 3.67. The number of rotatable bonds is 7. The number of halogens is 1. The molecule has 1 aromatic heterocycles. The van der Waals surface area contributed by atoms with Gasteiger partial charge in [0, 0.05) is 27.9 Å². The van der Waals surface area contributed by atoms with Crippen LogP contribution in [-0.2, 0) is 21.2 Å². The maximum Gasteiger partial charge on any atom is 0.244 e. The molecule has 3 aromatic rings. The number of hydrogen-bond donors (Lipinski definition) is 2. The summed E-state index contributed by atoms with van der Waals surface area (Å²) in [5.74, 6) is -0.522. The Morgan fingerprint density at radius 3 is 2.48 bits per heavy atom. The molecule has 1 amide bonds. The van der Waals surface area contributed by atoms with Crippen LogP contribution in [0.4, 0.5) is 4.39 Å². The fraction of sp³-hybridized carbons (Fsp3) is 0.0952. The van der Waals surface area contributed by atoms with E-state index in [0.29, 0.717) is 18.5 Å². The van der Waals surface area contributed by atoms with Gasteiger partial charge in [0.1, 0.15) is 5.82 Å². The first-order chi connectivity index (χ1) is 13.8. The van der Waals surface area contributed by atoms with Gasteiger partial charge >= 0.3 is 0 Å². The van der Waals surface area contributed by atoms with Crippen molar-refractivity contribution < 1.29 is 17.6 Å². The zero-order chi connectivity index (χ0) is 20.9. The first kappa shape index (κ1) is 20.9. The molecule has 150 valence electrons. The fourth-order valence-electron chi connectivity index (χ4n) is 2.64. The van der Waals surface area contributed by atoms with Crippen LogP contribution in [0.3, 0.4) is 0 Å². The molecule has 0 fully saturated rings. The van der Waals surface area contributed by atoms with Crippen LogP contribution in [0.25, 0.3) is 16.5 Å². The molecular formula is C21H19FN2O3S2. The minimum Gasteiger partial charge on any atom is -0.352 e. The highest BCUT2D eigenvalue weighted by atomic mass is 32.2. The third-order valence-corrected chi connectivity index (χ3v) is 6.14. The Morgan fingerprint density at radius 1 is 1.07 bits per heavy atom. The monoisotopic (exact) mass is 430 g/mol. The molecule has 3 rings (SSSR count). The van der Waals surface area contributed by atoms with E-state index in [9.17, 15) is 17.6 Å². The van der Waals surface area contributed by atoms with Crippen molar-refractivity contribution in [3.8, 4) is 10.4 Å². The Balaban J connectivity index is 1.51. The minimum atomic E-state index is -3.70. The molecule has 29 heavy (non-hydrogen) atoms. The van der Waals surface area contributed by atoms with E-state index in [1.165, 1.54) is 35.6 Å². The van der Waals surface area contributed by atoms with Gasteiger partial charge in [0.15, 0.2) is 0 Å². The number of thiophene rings is 1. The van der Waals surface area contributed by atoms with E-state index in [1.54, 1.807) is 36.4 Å². The van der Waals surface area contributed by atoms with Crippen LogP contribution in [0.5, 0.6) is 0 Å². The zero-order valence-electron chi connectivity index (χ0n) is 15.3. The maximum absolute atomic E-state index is 13.8. The summed E-state index contributed by atoms with van der Waals surface area (Å²) >= 11 is 1.40. The van der Waals surface area contributed by atoms with Gasteiger partial charge in [-0.15, -0.1) is 11.3 Å². The van der Waals surface area contributed by atoms with Gasteiger partial charge in [0.25, 0.3) is 0 Å². The Hall–Kier alpha value is -2.81. The summed E-state index contributed by atoms with van der Waals surface area (Å²) in [6, 6.07) is 16.4. The van der Waals surface area contributed by atoms with Crippen molar-refractivity contribution in [2.45, 2.75) is 11.3 Å². The molecule has 0 spiro atoms. The average molecular weight is 431 g/mol. The van der Waals surface area contributed by atoms with E-state index in [1.807, 2.05) is 12.1 Å². The number of nitrogens with two attached hydrogens (primary N) is 1. The molecule has 5 nitrogen and oxygen atoms in total. The third kappa shape index (κ3) is 5.83. The standard InChI is InChI=1S/C21H19FN2O3S2/c22-19-4-2-1-3-18(19)20-11-7-16(28-20)8-12-21(25)24-14-13-15-5-9-17(10-6-15)29(23,26)27/h1-12H,13-14H2,(H,24,25)(H2,23,26,27). The molecule has 0 aliphatic carbocycles. The van der Waals surface area contributed by atoms with Gasteiger partial charge in [-0.25, -0.2) is 17.9 Å². The molecule has 0 bridgehead atoms. The molecule has 8 heteroatoms. The van der Waals surface area contributed by atoms with Crippen molar-refractivity contribution in [1.29, 1.82) is 0 Å². The highest BCUT2D eigenvalue weighted by molar-refractivity contribution is 7.89. The van der Waals surface area contributed by atoms with Crippen molar-refractivity contribution >= 4 is 33.3 Å². The van der Waals surface area contributed by atoms with E-state index >= 15 is 0 Å². The van der Waals surface area contributed by atoms with Crippen molar-refractivity contribution in [3.63, 3.8) is 0 Å². The van der Waals surface area contributed by atoms with E-state index in [2.05, 4.69) is 5.32 Å². The number of primary sulfonamides is 1. The second kappa shape index (κ2) is 9.13. The fourth-order valence-corrected chi connectivity index (χ4v) is 4.09. The Morgan fingerprint density at radius 2 is 1.79 bits per heavy atom. The number of amides is 1. The van der Waals surface area contributed by atoms with Crippen LogP contribution in [-0.4, -0.2) is 20.9 Å². The molecule has 1 heterocycles. The molecule has 0 aliphatic heterocycles. The smallest absolute Gasteiger partial charge is 0.244 e. The van der Waals surface area contributed by atoms with Gasteiger partial charge in [-0.05, 0) is 48.4 Å². The molecule has 0 radical (unpaired) electrons. The lowest BCUT2D eigenvalue weighted by atomic mass is 10.1. The van der Waals surface area contributed by atoms with Crippen molar-refractivity contribution in [2.75, 3.05) is 6.54 Å². The van der Waals surface area contributed by atoms with Crippen molar-refractivity contribution in [3.05, 3.63) is 83.0 Å². The van der Waals surface area contributed by atoms with Crippen LogP contribution in [0.1, 0.15) is 10.4 Å². The van der Waals surface area contributed by atoms with Gasteiger partial charge in [-0.2, -0.15) is 0 Å². The summed E-state index contributed by atoms with van der Waals surface area (Å²) in [4.78, 5) is 13.7. The van der Waals surface area contributed by atoms with Gasteiger partial charge in [-0.3, -0.25) is 4.79 Å². The summed E-state index contributed by atoms with van der Waals surface area (Å²) in [6.45, 7) is 0.406. The van der Waals surface area contributed by atoms with Crippen LogP contribution >= 0.6 is 11.3 Å². The summed E-state index contributed by atoms with van der Waals surface area (Å²) < 4.78 is 36.3.